The molecule has 168 valence electrons. The lowest BCUT2D eigenvalue weighted by molar-refractivity contribution is -0.00523. The summed E-state index contributed by atoms with van der Waals surface area (Å²) >= 11 is 0. The van der Waals surface area contributed by atoms with Gasteiger partial charge in [-0.15, -0.1) is 0 Å². The van der Waals surface area contributed by atoms with Crippen LogP contribution in [0.25, 0.3) is 28.2 Å². The van der Waals surface area contributed by atoms with Gasteiger partial charge < -0.3 is 9.64 Å². The molecule has 7 nitrogen and oxygen atoms in total. The van der Waals surface area contributed by atoms with E-state index in [-0.39, 0.29) is 34.5 Å². The molecule has 1 saturated heterocycles. The number of H-pyrrole nitrogens is 1. The van der Waals surface area contributed by atoms with Gasteiger partial charge in [0.1, 0.15) is 5.82 Å². The number of ether oxygens (including phenoxy) is 1. The van der Waals surface area contributed by atoms with Gasteiger partial charge in [-0.05, 0) is 50.2 Å². The van der Waals surface area contributed by atoms with E-state index in [9.17, 15) is 4.79 Å². The molecule has 8 heteroatoms. The summed E-state index contributed by atoms with van der Waals surface area (Å²) in [5, 5.41) is 11.3. The Balaban J connectivity index is 1.52. The second-order valence-corrected chi connectivity index (χ2v) is 8.27. The summed E-state index contributed by atoms with van der Waals surface area (Å²) in [4.78, 5) is 15.5. The summed E-state index contributed by atoms with van der Waals surface area (Å²) in [6, 6.07) is 16.2. The highest BCUT2D eigenvalue weighted by Crippen LogP contribution is 2.28. The summed E-state index contributed by atoms with van der Waals surface area (Å²) in [6.45, 7) is 5.39. The molecule has 2 aromatic carbocycles. The van der Waals surface area contributed by atoms with E-state index >= 15 is 4.39 Å². The van der Waals surface area contributed by atoms with Crippen molar-refractivity contribution >= 4 is 5.69 Å². The van der Waals surface area contributed by atoms with Crippen LogP contribution in [0.4, 0.5) is 10.1 Å². The average Bonchev–Trinajstić information content (AvgIpc) is 3.29. The van der Waals surface area contributed by atoms with E-state index in [4.69, 9.17) is 4.74 Å². The predicted octanol–water partition coefficient (Wildman–Crippen LogP) is 4.04. The van der Waals surface area contributed by atoms with Gasteiger partial charge in [-0.2, -0.15) is 10.2 Å². The number of hydrogen-bond acceptors (Lipinski definition) is 5. The molecule has 1 N–H and O–H groups in total. The third kappa shape index (κ3) is 4.05. The Morgan fingerprint density at radius 3 is 2.48 bits per heavy atom. The van der Waals surface area contributed by atoms with Gasteiger partial charge >= 0.3 is 0 Å². The maximum atomic E-state index is 15.2. The van der Waals surface area contributed by atoms with Crippen molar-refractivity contribution in [2.45, 2.75) is 26.1 Å². The van der Waals surface area contributed by atoms with Crippen molar-refractivity contribution in [2.24, 2.45) is 0 Å². The number of morpholine rings is 1. The molecule has 2 aromatic heterocycles. The Morgan fingerprint density at radius 2 is 1.76 bits per heavy atom. The van der Waals surface area contributed by atoms with Gasteiger partial charge in [-0.3, -0.25) is 9.89 Å². The molecule has 3 heterocycles. The zero-order valence-corrected chi connectivity index (χ0v) is 18.4. The van der Waals surface area contributed by atoms with Crippen LogP contribution in [0.1, 0.15) is 13.8 Å². The molecule has 0 unspecified atom stereocenters. The quantitative estimate of drug-likeness (QED) is 0.513. The van der Waals surface area contributed by atoms with Crippen LogP contribution in [0, 0.1) is 5.82 Å². The van der Waals surface area contributed by atoms with Gasteiger partial charge in [0, 0.05) is 30.5 Å². The van der Waals surface area contributed by atoms with Gasteiger partial charge in [0.15, 0.2) is 5.69 Å². The average molecular weight is 445 g/mol. The first-order valence-electron chi connectivity index (χ1n) is 10.9. The molecule has 1 aliphatic heterocycles. The summed E-state index contributed by atoms with van der Waals surface area (Å²) in [6.07, 6.45) is 3.18. The molecule has 0 bridgehead atoms. The van der Waals surface area contributed by atoms with Crippen LogP contribution in [0.3, 0.4) is 0 Å². The summed E-state index contributed by atoms with van der Waals surface area (Å²) < 4.78 is 22.6. The van der Waals surface area contributed by atoms with Gasteiger partial charge in [0.2, 0.25) is 5.43 Å². The predicted molar refractivity (Wildman–Crippen MR) is 125 cm³/mol. The number of anilines is 1. The molecule has 0 aliphatic carbocycles. The molecule has 2 atom stereocenters. The highest BCUT2D eigenvalue weighted by Gasteiger charge is 2.24. The SMILES string of the molecule is C[C@@H]1CN(c2ccc(-c3c[nH]nc(-c4ccnn4-c4ccccc4)c3=O)c(F)c2)C[C@H](C)O1. The zero-order chi connectivity index (χ0) is 22.9. The van der Waals surface area contributed by atoms with Crippen LogP contribution < -0.4 is 10.3 Å². The van der Waals surface area contributed by atoms with Gasteiger partial charge in [-0.1, -0.05) is 18.2 Å². The van der Waals surface area contributed by atoms with Crippen molar-refractivity contribution < 1.29 is 9.13 Å². The van der Waals surface area contributed by atoms with Crippen LogP contribution in [0.5, 0.6) is 0 Å². The lowest BCUT2D eigenvalue weighted by Crippen LogP contribution is -2.45. The highest BCUT2D eigenvalue weighted by molar-refractivity contribution is 5.71. The van der Waals surface area contributed by atoms with Crippen molar-refractivity contribution in [3.05, 3.63) is 83.0 Å². The molecule has 1 fully saturated rings. The second kappa shape index (κ2) is 8.63. The van der Waals surface area contributed by atoms with Crippen molar-refractivity contribution in [2.75, 3.05) is 18.0 Å². The number of para-hydroxylation sites is 1. The summed E-state index contributed by atoms with van der Waals surface area (Å²) in [5.74, 6) is -0.460. The van der Waals surface area contributed by atoms with Crippen LogP contribution in [0.2, 0.25) is 0 Å². The largest absolute Gasteiger partial charge is 0.372 e. The molecule has 0 radical (unpaired) electrons. The van der Waals surface area contributed by atoms with E-state index in [1.165, 1.54) is 12.3 Å². The van der Waals surface area contributed by atoms with Crippen LogP contribution in [-0.2, 0) is 4.74 Å². The van der Waals surface area contributed by atoms with E-state index in [2.05, 4.69) is 20.2 Å². The normalized spacial score (nSPS) is 18.5. The number of benzene rings is 2. The minimum Gasteiger partial charge on any atom is -0.372 e. The van der Waals surface area contributed by atoms with Crippen molar-refractivity contribution in [3.63, 3.8) is 0 Å². The number of nitrogens with zero attached hydrogens (tertiary/aromatic N) is 4. The zero-order valence-electron chi connectivity index (χ0n) is 18.4. The first-order chi connectivity index (χ1) is 16.0. The number of halogens is 1. The lowest BCUT2D eigenvalue weighted by Gasteiger charge is -2.37. The minimum absolute atomic E-state index is 0.0663. The van der Waals surface area contributed by atoms with Crippen molar-refractivity contribution in [1.82, 2.24) is 20.0 Å². The van der Waals surface area contributed by atoms with Gasteiger partial charge in [0.25, 0.3) is 0 Å². The maximum absolute atomic E-state index is 15.2. The molecule has 1 aliphatic rings. The van der Waals surface area contributed by atoms with E-state index in [0.29, 0.717) is 18.8 Å². The molecule has 4 aromatic rings. The van der Waals surface area contributed by atoms with Crippen LogP contribution in [0.15, 0.2) is 71.8 Å². The molecule has 0 saturated carbocycles. The number of aromatic nitrogens is 4. The van der Waals surface area contributed by atoms with Crippen LogP contribution in [-0.4, -0.2) is 45.3 Å². The fourth-order valence-corrected chi connectivity index (χ4v) is 4.34. The topological polar surface area (TPSA) is 76.0 Å². The van der Waals surface area contributed by atoms with E-state index in [1.807, 2.05) is 50.2 Å². The number of nitrogens with one attached hydrogen (secondary N) is 1. The standard InChI is InChI=1S/C25H24FN5O2/c1-16-14-30(15-17(2)33-16)19-8-9-20(22(26)12-19)21-13-27-29-24(25(21)32)23-10-11-28-31(23)18-6-4-3-5-7-18/h3-13,16-17H,14-15H2,1-2H3,(H,27,32)/t16-,17+. The fourth-order valence-electron chi connectivity index (χ4n) is 4.34. The maximum Gasteiger partial charge on any atom is 0.217 e. The van der Waals surface area contributed by atoms with E-state index in [1.54, 1.807) is 23.0 Å². The van der Waals surface area contributed by atoms with Crippen molar-refractivity contribution in [1.29, 1.82) is 0 Å². The third-order valence-corrected chi connectivity index (χ3v) is 5.76. The summed E-state index contributed by atoms with van der Waals surface area (Å²) in [5.41, 5.74) is 2.34. The number of hydrogen-bond donors (Lipinski definition) is 1. The molecule has 5 rings (SSSR count). The molecule has 0 amide bonds. The Bertz CT molecular complexity index is 1320. The third-order valence-electron chi connectivity index (χ3n) is 5.76. The van der Waals surface area contributed by atoms with Gasteiger partial charge in [0.05, 0.1) is 35.3 Å². The minimum atomic E-state index is -0.460. The lowest BCUT2D eigenvalue weighted by atomic mass is 10.0. The van der Waals surface area contributed by atoms with Crippen LogP contribution >= 0.6 is 0 Å². The van der Waals surface area contributed by atoms with Gasteiger partial charge in [-0.25, -0.2) is 9.07 Å². The molecular weight excluding hydrogens is 421 g/mol. The fraction of sp³-hybridized carbons (Fsp3) is 0.240. The number of aromatic amines is 1. The smallest absolute Gasteiger partial charge is 0.217 e. The van der Waals surface area contributed by atoms with Crippen molar-refractivity contribution in [3.8, 4) is 28.2 Å². The Labute approximate surface area is 190 Å². The molecular formula is C25H24FN5O2. The Morgan fingerprint density at radius 1 is 1.00 bits per heavy atom. The Hall–Kier alpha value is -3.78. The van der Waals surface area contributed by atoms with E-state index < -0.39 is 5.82 Å². The molecule has 0 spiro atoms. The second-order valence-electron chi connectivity index (χ2n) is 8.27. The highest BCUT2D eigenvalue weighted by atomic mass is 19.1. The summed E-state index contributed by atoms with van der Waals surface area (Å²) in [7, 11) is 0. The monoisotopic (exact) mass is 445 g/mol. The number of rotatable bonds is 4. The van der Waals surface area contributed by atoms with E-state index in [0.717, 1.165) is 11.4 Å². The Kier molecular flexibility index (Phi) is 5.51. The first kappa shape index (κ1) is 21.1. The molecule has 33 heavy (non-hydrogen) atoms. The first-order valence-corrected chi connectivity index (χ1v) is 10.9.